The summed E-state index contributed by atoms with van der Waals surface area (Å²) in [5, 5.41) is 37.5. The summed E-state index contributed by atoms with van der Waals surface area (Å²) in [7, 11) is 0. The molecule has 0 amide bonds. The lowest BCUT2D eigenvalue weighted by Crippen LogP contribution is -2.13. The molecule has 0 aliphatic rings. The van der Waals surface area contributed by atoms with Crippen LogP contribution in [0.15, 0.2) is 243 Å². The molecule has 0 bridgehead atoms. The molecule has 12 aromatic rings. The zero-order valence-corrected chi connectivity index (χ0v) is 39.8. The minimum Gasteiger partial charge on any atom is -0.308 e. The van der Waals surface area contributed by atoms with Crippen LogP contribution in [0.4, 0.5) is 39.8 Å². The lowest BCUT2D eigenvalue weighted by atomic mass is 9.91. The molecule has 0 fully saturated rings. The SMILES string of the molecule is [C-]#[N+]c1ccc(-c2cc(-c3ccccc3)cc(N(c3ccccc3C#N)c3ccc4ccc5c(N(c6cc(-c7ccccc7)cc(-c7ccc(C#N)cc7)c6)c6ccccc6C#N)ccc6ccc3c4c65)c2)cc1. The van der Waals surface area contributed by atoms with Crippen molar-refractivity contribution in [2.75, 3.05) is 9.80 Å². The van der Waals surface area contributed by atoms with Gasteiger partial charge in [0, 0.05) is 22.1 Å². The van der Waals surface area contributed by atoms with Crippen molar-refractivity contribution in [3.63, 3.8) is 0 Å². The number of nitriles is 3. The number of hydrogen-bond acceptors (Lipinski definition) is 5. The van der Waals surface area contributed by atoms with Gasteiger partial charge >= 0.3 is 0 Å². The molecule has 0 saturated carbocycles. The van der Waals surface area contributed by atoms with Crippen LogP contribution in [0, 0.1) is 40.6 Å². The number of rotatable bonds is 10. The Balaban J connectivity index is 1.12. The average Bonchev–Trinajstić information content (AvgIpc) is 3.49. The van der Waals surface area contributed by atoms with Crippen molar-refractivity contribution >= 4 is 72.1 Å². The van der Waals surface area contributed by atoms with E-state index in [4.69, 9.17) is 6.57 Å². The van der Waals surface area contributed by atoms with Crippen molar-refractivity contribution < 1.29 is 0 Å². The number of nitrogens with zero attached hydrogens (tertiary/aromatic N) is 6. The van der Waals surface area contributed by atoms with E-state index in [9.17, 15) is 15.8 Å². The number of anilines is 6. The van der Waals surface area contributed by atoms with E-state index >= 15 is 0 Å². The van der Waals surface area contributed by atoms with Crippen molar-refractivity contribution in [3.8, 4) is 62.7 Å². The van der Waals surface area contributed by atoms with Gasteiger partial charge in [0.05, 0.1) is 52.1 Å². The Kier molecular flexibility index (Phi) is 11.3. The smallest absolute Gasteiger partial charge is 0.187 e. The molecule has 74 heavy (non-hydrogen) atoms. The number of benzene rings is 12. The first-order valence-corrected chi connectivity index (χ1v) is 24.2. The molecule has 6 nitrogen and oxygen atoms in total. The Morgan fingerprint density at radius 3 is 1.11 bits per heavy atom. The van der Waals surface area contributed by atoms with Gasteiger partial charge in [0.2, 0.25) is 0 Å². The molecule has 342 valence electrons. The fourth-order valence-corrected chi connectivity index (χ4v) is 10.4. The summed E-state index contributed by atoms with van der Waals surface area (Å²) < 4.78 is 0. The molecule has 0 atom stereocenters. The highest BCUT2D eigenvalue weighted by molar-refractivity contribution is 6.28. The molecule has 6 heteroatoms. The third kappa shape index (κ3) is 7.95. The van der Waals surface area contributed by atoms with Gasteiger partial charge in [-0.05, 0) is 151 Å². The summed E-state index contributed by atoms with van der Waals surface area (Å²) in [5.41, 5.74) is 15.2. The van der Waals surface area contributed by atoms with Gasteiger partial charge < -0.3 is 9.80 Å². The fourth-order valence-electron chi connectivity index (χ4n) is 10.4. The Morgan fingerprint density at radius 2 is 0.703 bits per heavy atom. The Bertz CT molecular complexity index is 4010. The van der Waals surface area contributed by atoms with Crippen LogP contribution in [-0.2, 0) is 0 Å². The predicted octanol–water partition coefficient (Wildman–Crippen LogP) is 18.4. The lowest BCUT2D eigenvalue weighted by molar-refractivity contribution is 1.28. The first-order valence-electron chi connectivity index (χ1n) is 24.2. The molecule has 0 radical (unpaired) electrons. The standard InChI is InChI=1S/C68H40N6/c1-72-58-30-24-49(25-31-58)57-37-55(47-14-6-3-7-15-47)39-60(41-57)74(64-19-11-9-17-53(64)44-71)66-35-29-51-26-32-61-65(34-28-50-27-33-62(66)68(51)67(50)61)73(63-18-10-8-16-52(63)43-70)59-38-54(46-12-4-2-5-13-46)36-56(40-59)48-22-20-45(42-69)21-23-48/h2-41H. The monoisotopic (exact) mass is 940 g/mol. The highest BCUT2D eigenvalue weighted by atomic mass is 15.2. The van der Waals surface area contributed by atoms with Crippen LogP contribution < -0.4 is 9.80 Å². The van der Waals surface area contributed by atoms with Crippen LogP contribution in [0.2, 0.25) is 0 Å². The molecule has 12 rings (SSSR count). The second-order valence-electron chi connectivity index (χ2n) is 18.1. The second kappa shape index (κ2) is 18.9. The molecule has 0 N–H and O–H groups in total. The number of para-hydroxylation sites is 2. The molecule has 0 unspecified atom stereocenters. The van der Waals surface area contributed by atoms with Crippen molar-refractivity contribution in [1.29, 1.82) is 15.8 Å². The first kappa shape index (κ1) is 44.4. The zero-order chi connectivity index (χ0) is 50.1. The molecule has 0 aliphatic heterocycles. The van der Waals surface area contributed by atoms with E-state index in [0.29, 0.717) is 22.4 Å². The summed E-state index contributed by atoms with van der Waals surface area (Å²) in [4.78, 5) is 8.08. The molecule has 0 spiro atoms. The third-order valence-electron chi connectivity index (χ3n) is 13.9. The minimum absolute atomic E-state index is 0.525. The van der Waals surface area contributed by atoms with Gasteiger partial charge in [0.1, 0.15) is 12.1 Å². The zero-order valence-electron chi connectivity index (χ0n) is 39.8. The van der Waals surface area contributed by atoms with Gasteiger partial charge in [-0.25, -0.2) is 4.85 Å². The van der Waals surface area contributed by atoms with Crippen LogP contribution in [0.5, 0.6) is 0 Å². The quantitative estimate of drug-likeness (QED) is 0.101. The van der Waals surface area contributed by atoms with Crippen molar-refractivity contribution in [1.82, 2.24) is 0 Å². The largest absolute Gasteiger partial charge is 0.308 e. The Labute approximate surface area is 429 Å². The van der Waals surface area contributed by atoms with E-state index in [1.807, 2.05) is 133 Å². The van der Waals surface area contributed by atoms with E-state index in [1.54, 1.807) is 0 Å². The summed E-state index contributed by atoms with van der Waals surface area (Å²) in [5.74, 6) is 0. The van der Waals surface area contributed by atoms with Gasteiger partial charge in [0.15, 0.2) is 5.69 Å². The van der Waals surface area contributed by atoms with E-state index in [-0.39, 0.29) is 0 Å². The summed E-state index contributed by atoms with van der Waals surface area (Å²) in [6, 6.07) is 89.2. The molecule has 0 aliphatic carbocycles. The van der Waals surface area contributed by atoms with Gasteiger partial charge in [-0.1, -0.05) is 158 Å². The van der Waals surface area contributed by atoms with Crippen LogP contribution in [0.1, 0.15) is 16.7 Å². The van der Waals surface area contributed by atoms with Crippen LogP contribution in [0.3, 0.4) is 0 Å². The third-order valence-corrected chi connectivity index (χ3v) is 13.9. The van der Waals surface area contributed by atoms with Crippen molar-refractivity contribution in [3.05, 3.63) is 271 Å². The highest BCUT2D eigenvalue weighted by Crippen LogP contribution is 2.50. The minimum atomic E-state index is 0.525. The summed E-state index contributed by atoms with van der Waals surface area (Å²) >= 11 is 0. The van der Waals surface area contributed by atoms with E-state index < -0.39 is 0 Å². The van der Waals surface area contributed by atoms with Crippen LogP contribution in [-0.4, -0.2) is 0 Å². The van der Waals surface area contributed by atoms with Crippen molar-refractivity contribution in [2.45, 2.75) is 0 Å². The maximum absolute atomic E-state index is 10.8. The maximum Gasteiger partial charge on any atom is 0.187 e. The molecular formula is C68H40N6. The fraction of sp³-hybridized carbons (Fsp3) is 0. The summed E-state index contributed by atoms with van der Waals surface area (Å²) in [6.07, 6.45) is 0. The maximum atomic E-state index is 10.8. The van der Waals surface area contributed by atoms with E-state index in [0.717, 1.165) is 111 Å². The highest BCUT2D eigenvalue weighted by Gasteiger charge is 2.25. The summed E-state index contributed by atoms with van der Waals surface area (Å²) in [6.45, 7) is 7.61. The number of hydrogen-bond donors (Lipinski definition) is 0. The van der Waals surface area contributed by atoms with E-state index in [2.05, 4.69) is 142 Å². The molecule has 0 heterocycles. The molecule has 12 aromatic carbocycles. The van der Waals surface area contributed by atoms with Gasteiger partial charge in [0.25, 0.3) is 0 Å². The predicted molar refractivity (Wildman–Crippen MR) is 302 cm³/mol. The molecule has 0 saturated heterocycles. The van der Waals surface area contributed by atoms with Crippen molar-refractivity contribution in [2.24, 2.45) is 0 Å². The molecular weight excluding hydrogens is 901 g/mol. The Hall–Kier alpha value is -10.8. The van der Waals surface area contributed by atoms with Gasteiger partial charge in [-0.3, -0.25) is 0 Å². The first-order chi connectivity index (χ1) is 36.5. The van der Waals surface area contributed by atoms with Crippen LogP contribution in [0.25, 0.3) is 81.7 Å². The lowest BCUT2D eigenvalue weighted by Gasteiger charge is -2.31. The van der Waals surface area contributed by atoms with Crippen LogP contribution >= 0.6 is 0 Å². The second-order valence-corrected chi connectivity index (χ2v) is 18.1. The van der Waals surface area contributed by atoms with E-state index in [1.165, 1.54) is 0 Å². The Morgan fingerprint density at radius 1 is 0.324 bits per heavy atom. The molecule has 0 aromatic heterocycles. The van der Waals surface area contributed by atoms with Gasteiger partial charge in [-0.15, -0.1) is 0 Å². The van der Waals surface area contributed by atoms with Gasteiger partial charge in [-0.2, -0.15) is 15.8 Å². The average molecular weight is 941 g/mol. The topological polar surface area (TPSA) is 82.2 Å². The normalized spacial score (nSPS) is 10.9.